The summed E-state index contributed by atoms with van der Waals surface area (Å²) in [6.07, 6.45) is 0. The summed E-state index contributed by atoms with van der Waals surface area (Å²) in [7, 11) is 0. The molecule has 0 atom stereocenters. The molecule has 0 unspecified atom stereocenters. The molecule has 150 valence electrons. The highest BCUT2D eigenvalue weighted by Crippen LogP contribution is 2.41. The van der Waals surface area contributed by atoms with Gasteiger partial charge in [0.2, 0.25) is 0 Å². The summed E-state index contributed by atoms with van der Waals surface area (Å²) in [6, 6.07) is 27.7. The van der Waals surface area contributed by atoms with Crippen LogP contribution in [0.15, 0.2) is 115 Å². The van der Waals surface area contributed by atoms with Gasteiger partial charge < -0.3 is 4.57 Å². The molecule has 0 aliphatic rings. The third-order valence-electron chi connectivity index (χ3n) is 6.09. The van der Waals surface area contributed by atoms with Gasteiger partial charge in [-0.3, -0.25) is 0 Å². The fourth-order valence-electron chi connectivity index (χ4n) is 4.71. The number of fused-ring (bicyclic) bond motifs is 6. The van der Waals surface area contributed by atoms with Crippen molar-refractivity contribution in [2.24, 2.45) is 0 Å². The number of benzene rings is 5. The highest BCUT2D eigenvalue weighted by molar-refractivity contribution is 7.26. The van der Waals surface area contributed by atoms with Crippen LogP contribution in [0.1, 0.15) is 6.85 Å². The van der Waals surface area contributed by atoms with Crippen molar-refractivity contribution in [2.75, 3.05) is 0 Å². The summed E-state index contributed by atoms with van der Waals surface area (Å²) in [5.41, 5.74) is 4.24. The Morgan fingerprint density at radius 1 is 0.625 bits per heavy atom. The molecule has 0 aliphatic heterocycles. The van der Waals surface area contributed by atoms with Crippen molar-refractivity contribution in [1.82, 2.24) is 4.57 Å². The van der Waals surface area contributed by atoms with Crippen LogP contribution in [0.2, 0.25) is 0 Å². The van der Waals surface area contributed by atoms with Gasteiger partial charge in [0.05, 0.1) is 17.9 Å². The van der Waals surface area contributed by atoms with Gasteiger partial charge in [0.15, 0.2) is 0 Å². The molecule has 2 heteroatoms. The minimum absolute atomic E-state index is 0.179. The summed E-state index contributed by atoms with van der Waals surface area (Å²) >= 11 is 1.58. The Kier molecular flexibility index (Phi) is 2.88. The lowest BCUT2D eigenvalue weighted by Crippen LogP contribution is -1.93. The van der Waals surface area contributed by atoms with Crippen LogP contribution in [0, 0.1) is 0 Å². The van der Waals surface area contributed by atoms with E-state index < -0.39 is 0 Å². The van der Waals surface area contributed by atoms with Crippen LogP contribution in [0.5, 0.6) is 0 Å². The average molecular weight is 431 g/mol. The Morgan fingerprint density at radius 3 is 2.06 bits per heavy atom. The van der Waals surface area contributed by atoms with Crippen LogP contribution in [0.3, 0.4) is 0 Å². The Balaban J connectivity index is 1.52. The van der Waals surface area contributed by atoms with Crippen LogP contribution in [-0.2, 0) is 0 Å². The van der Waals surface area contributed by atoms with Gasteiger partial charge >= 0.3 is 0 Å². The predicted octanol–water partition coefficient (Wildman–Crippen LogP) is 8.82. The fourth-order valence-corrected chi connectivity index (χ4v) is 5.91. The fraction of sp³-hybridized carbons (Fsp3) is 0. The zero-order chi connectivity index (χ0) is 25.4. The van der Waals surface area contributed by atoms with Crippen molar-refractivity contribution in [3.63, 3.8) is 0 Å². The standard InChI is InChI=1S/C30H19NS/c1-2-9-20(10-3-1)22-13-8-14-25-26-19-21(17-18-29(26)32-30(22)25)31-27-15-6-4-11-23(27)24-12-5-7-16-28(24)31/h1-19H/i1D,2D,3D,9D,10D. The Morgan fingerprint density at radius 2 is 1.31 bits per heavy atom. The number of nitrogens with zero attached hydrogens (tertiary/aromatic N) is 1. The lowest BCUT2D eigenvalue weighted by molar-refractivity contribution is 1.19. The number of aromatic nitrogens is 1. The maximum absolute atomic E-state index is 8.49. The third kappa shape index (κ3) is 2.50. The number of thiophene rings is 1. The van der Waals surface area contributed by atoms with E-state index in [0.29, 0.717) is 5.56 Å². The maximum atomic E-state index is 8.49. The van der Waals surface area contributed by atoms with Crippen molar-refractivity contribution in [3.05, 3.63) is 115 Å². The van der Waals surface area contributed by atoms with Crippen molar-refractivity contribution in [2.45, 2.75) is 0 Å². The van der Waals surface area contributed by atoms with E-state index in [4.69, 9.17) is 6.85 Å². The smallest absolute Gasteiger partial charge is 0.0629 e. The van der Waals surface area contributed by atoms with Crippen molar-refractivity contribution < 1.29 is 6.85 Å². The van der Waals surface area contributed by atoms with Crippen molar-refractivity contribution in [1.29, 1.82) is 0 Å². The summed E-state index contributed by atoms with van der Waals surface area (Å²) in [5.74, 6) is 0. The number of para-hydroxylation sites is 2. The highest BCUT2D eigenvalue weighted by Gasteiger charge is 2.14. The van der Waals surface area contributed by atoms with E-state index in [9.17, 15) is 0 Å². The van der Waals surface area contributed by atoms with Gasteiger partial charge in [0, 0.05) is 36.6 Å². The van der Waals surface area contributed by atoms with Crippen molar-refractivity contribution >= 4 is 53.3 Å². The zero-order valence-electron chi connectivity index (χ0n) is 21.9. The zero-order valence-corrected chi connectivity index (χ0v) is 17.8. The number of rotatable bonds is 2. The van der Waals surface area contributed by atoms with E-state index in [-0.39, 0.29) is 35.8 Å². The van der Waals surface area contributed by atoms with Crippen LogP contribution in [-0.4, -0.2) is 4.57 Å². The van der Waals surface area contributed by atoms with E-state index in [0.717, 1.165) is 36.9 Å². The lowest BCUT2D eigenvalue weighted by Gasteiger charge is -2.08. The van der Waals surface area contributed by atoms with Gasteiger partial charge in [-0.1, -0.05) is 84.8 Å². The molecule has 0 amide bonds. The molecule has 0 saturated carbocycles. The topological polar surface area (TPSA) is 4.93 Å². The summed E-state index contributed by atoms with van der Waals surface area (Å²) in [4.78, 5) is 0. The molecule has 7 aromatic rings. The molecular formula is C30H19NS. The molecule has 0 fully saturated rings. The molecule has 0 bridgehead atoms. The highest BCUT2D eigenvalue weighted by atomic mass is 32.1. The molecule has 5 aromatic carbocycles. The maximum Gasteiger partial charge on any atom is 0.0629 e. The molecular weight excluding hydrogens is 406 g/mol. The van der Waals surface area contributed by atoms with E-state index in [2.05, 4.69) is 71.3 Å². The van der Waals surface area contributed by atoms with Crippen LogP contribution < -0.4 is 0 Å². The summed E-state index contributed by atoms with van der Waals surface area (Å²) in [6.45, 7) is 0. The number of hydrogen-bond donors (Lipinski definition) is 0. The van der Waals surface area contributed by atoms with E-state index in [1.165, 1.54) is 10.8 Å². The summed E-state index contributed by atoms with van der Waals surface area (Å²) in [5, 5.41) is 4.49. The second kappa shape index (κ2) is 6.81. The Bertz CT molecular complexity index is 1970. The molecule has 1 nitrogen and oxygen atoms in total. The quantitative estimate of drug-likeness (QED) is 0.258. The second-order valence-electron chi connectivity index (χ2n) is 7.83. The largest absolute Gasteiger partial charge is 0.309 e. The Hall–Kier alpha value is -3.88. The second-order valence-corrected chi connectivity index (χ2v) is 8.89. The lowest BCUT2D eigenvalue weighted by atomic mass is 10.0. The molecule has 0 aliphatic carbocycles. The first-order chi connectivity index (χ1) is 18.0. The predicted molar refractivity (Wildman–Crippen MR) is 139 cm³/mol. The van der Waals surface area contributed by atoms with Crippen LogP contribution >= 0.6 is 11.3 Å². The SMILES string of the molecule is [2H]c1c([2H])c([2H])c(-c2cccc3c2sc2ccc(-n4c5ccccc5c5ccccc54)cc23)c([2H])c1[2H]. The van der Waals surface area contributed by atoms with Gasteiger partial charge in [-0.2, -0.15) is 0 Å². The van der Waals surface area contributed by atoms with E-state index >= 15 is 0 Å². The van der Waals surface area contributed by atoms with E-state index in [1.807, 2.05) is 18.2 Å². The molecule has 2 heterocycles. The van der Waals surface area contributed by atoms with Gasteiger partial charge in [0.25, 0.3) is 0 Å². The van der Waals surface area contributed by atoms with Crippen LogP contribution in [0.25, 0.3) is 58.8 Å². The van der Waals surface area contributed by atoms with Gasteiger partial charge in [-0.05, 0) is 41.5 Å². The Labute approximate surface area is 196 Å². The normalized spacial score (nSPS) is 13.9. The first-order valence-electron chi connectivity index (χ1n) is 13.0. The van der Waals surface area contributed by atoms with Crippen LogP contribution in [0.4, 0.5) is 0 Å². The first-order valence-corrected chi connectivity index (χ1v) is 11.3. The molecule has 2 aromatic heterocycles. The first kappa shape index (κ1) is 13.5. The van der Waals surface area contributed by atoms with Gasteiger partial charge in [0.1, 0.15) is 0 Å². The monoisotopic (exact) mass is 430 g/mol. The molecule has 0 spiro atoms. The molecule has 7 rings (SSSR count). The van der Waals surface area contributed by atoms with E-state index in [1.54, 1.807) is 11.3 Å². The molecule has 0 saturated heterocycles. The molecule has 0 radical (unpaired) electrons. The molecule has 0 N–H and O–H groups in total. The minimum Gasteiger partial charge on any atom is -0.309 e. The van der Waals surface area contributed by atoms with Gasteiger partial charge in [-0.15, -0.1) is 11.3 Å². The molecule has 32 heavy (non-hydrogen) atoms. The minimum atomic E-state index is -0.377. The van der Waals surface area contributed by atoms with Gasteiger partial charge in [-0.25, -0.2) is 0 Å². The number of hydrogen-bond acceptors (Lipinski definition) is 1. The summed E-state index contributed by atoms with van der Waals surface area (Å²) < 4.78 is 45.5. The average Bonchev–Trinajstić information content (AvgIpc) is 3.47. The van der Waals surface area contributed by atoms with Crippen molar-refractivity contribution in [3.8, 4) is 16.8 Å². The third-order valence-corrected chi connectivity index (χ3v) is 7.31.